The zero-order valence-corrected chi connectivity index (χ0v) is 14.3. The third kappa shape index (κ3) is 3.94. The van der Waals surface area contributed by atoms with Crippen LogP contribution in [0.2, 0.25) is 0 Å². The molecule has 0 saturated carbocycles. The topological polar surface area (TPSA) is 21.8 Å². The van der Waals surface area contributed by atoms with Gasteiger partial charge >= 0.3 is 0 Å². The summed E-state index contributed by atoms with van der Waals surface area (Å²) in [5, 5.41) is 3.73. The quantitative estimate of drug-likeness (QED) is 0.814. The van der Waals surface area contributed by atoms with Gasteiger partial charge in [0.1, 0.15) is 0 Å². The number of piperazine rings is 2. The molecule has 20 heavy (non-hydrogen) atoms. The molecule has 2 rings (SSSR count). The lowest BCUT2D eigenvalue weighted by atomic mass is 9.84. The maximum Gasteiger partial charge on any atom is 0.0347 e. The summed E-state index contributed by atoms with van der Waals surface area (Å²) in [6, 6.07) is 1.93. The third-order valence-electron chi connectivity index (χ3n) is 5.17. The Hall–Kier alpha value is -0.160. The summed E-state index contributed by atoms with van der Waals surface area (Å²) in [6.07, 6.45) is 0. The minimum absolute atomic E-state index is 0.341. The van der Waals surface area contributed by atoms with Crippen LogP contribution in [0.5, 0.6) is 0 Å². The molecule has 0 aromatic rings. The number of hydrogen-bond donors (Lipinski definition) is 1. The summed E-state index contributed by atoms with van der Waals surface area (Å²) in [5.74, 6) is 0. The van der Waals surface area contributed by atoms with E-state index in [-0.39, 0.29) is 0 Å². The Kier molecular flexibility index (Phi) is 5.11. The zero-order valence-electron chi connectivity index (χ0n) is 14.3. The first kappa shape index (κ1) is 16.2. The van der Waals surface area contributed by atoms with Gasteiger partial charge in [0.15, 0.2) is 0 Å². The first-order valence-corrected chi connectivity index (χ1v) is 8.13. The van der Waals surface area contributed by atoms with E-state index in [0.29, 0.717) is 23.5 Å². The molecule has 2 aliphatic heterocycles. The van der Waals surface area contributed by atoms with Gasteiger partial charge in [0.2, 0.25) is 0 Å². The van der Waals surface area contributed by atoms with Crippen LogP contribution in [0.1, 0.15) is 27.7 Å². The smallest absolute Gasteiger partial charge is 0.0347 e. The van der Waals surface area contributed by atoms with Crippen molar-refractivity contribution < 1.29 is 0 Å². The standard InChI is InChI=1S/C16H34N4/c1-13-9-17-15(16(2,3)4)12-20(13)11-14-10-18(5)7-8-19(14)6/h13-15,17H,7-12H2,1-6H3. The minimum atomic E-state index is 0.341. The van der Waals surface area contributed by atoms with Crippen LogP contribution in [0, 0.1) is 5.41 Å². The normalized spacial score (nSPS) is 35.4. The van der Waals surface area contributed by atoms with Crippen molar-refractivity contribution in [1.29, 1.82) is 0 Å². The van der Waals surface area contributed by atoms with Gasteiger partial charge < -0.3 is 10.2 Å². The van der Waals surface area contributed by atoms with E-state index in [1.807, 2.05) is 0 Å². The Bertz CT molecular complexity index is 312. The fourth-order valence-corrected chi connectivity index (χ4v) is 3.32. The van der Waals surface area contributed by atoms with Gasteiger partial charge in [-0.1, -0.05) is 20.8 Å². The van der Waals surface area contributed by atoms with Crippen LogP contribution in [0.3, 0.4) is 0 Å². The summed E-state index contributed by atoms with van der Waals surface area (Å²) in [5.41, 5.74) is 0.341. The van der Waals surface area contributed by atoms with Crippen LogP contribution in [0.15, 0.2) is 0 Å². The highest BCUT2D eigenvalue weighted by Gasteiger charge is 2.34. The molecule has 3 atom stereocenters. The van der Waals surface area contributed by atoms with E-state index in [9.17, 15) is 0 Å². The van der Waals surface area contributed by atoms with E-state index < -0.39 is 0 Å². The van der Waals surface area contributed by atoms with Gasteiger partial charge in [-0.2, -0.15) is 0 Å². The van der Waals surface area contributed by atoms with Gasteiger partial charge in [0, 0.05) is 57.4 Å². The molecule has 118 valence electrons. The molecule has 0 radical (unpaired) electrons. The van der Waals surface area contributed by atoms with Crippen LogP contribution in [0.4, 0.5) is 0 Å². The molecule has 2 fully saturated rings. The SMILES string of the molecule is CC1CNC(C(C)(C)C)CN1CC1CN(C)CCN1C. The predicted octanol–water partition coefficient (Wildman–Crippen LogP) is 0.941. The number of nitrogens with one attached hydrogen (secondary N) is 1. The van der Waals surface area contributed by atoms with Crippen molar-refractivity contribution in [3.63, 3.8) is 0 Å². The lowest BCUT2D eigenvalue weighted by Crippen LogP contribution is -2.63. The monoisotopic (exact) mass is 282 g/mol. The summed E-state index contributed by atoms with van der Waals surface area (Å²) in [6.45, 7) is 16.5. The fourth-order valence-electron chi connectivity index (χ4n) is 3.32. The van der Waals surface area contributed by atoms with Gasteiger partial charge in [-0.3, -0.25) is 9.80 Å². The van der Waals surface area contributed by atoms with Gasteiger partial charge in [-0.25, -0.2) is 0 Å². The molecule has 3 unspecified atom stereocenters. The molecule has 1 N–H and O–H groups in total. The highest BCUT2D eigenvalue weighted by molar-refractivity contribution is 4.93. The molecular formula is C16H34N4. The average molecular weight is 282 g/mol. The molecule has 0 spiro atoms. The first-order chi connectivity index (χ1) is 9.27. The molecule has 2 saturated heterocycles. The summed E-state index contributed by atoms with van der Waals surface area (Å²) < 4.78 is 0. The molecular weight excluding hydrogens is 248 g/mol. The molecule has 2 aliphatic rings. The molecule has 0 amide bonds. The molecule has 0 aromatic carbocycles. The number of rotatable bonds is 2. The van der Waals surface area contributed by atoms with Gasteiger partial charge in [-0.15, -0.1) is 0 Å². The second kappa shape index (κ2) is 6.30. The summed E-state index contributed by atoms with van der Waals surface area (Å²) in [4.78, 5) is 7.71. The van der Waals surface area contributed by atoms with Gasteiger partial charge in [0.05, 0.1) is 0 Å². The molecule has 4 heteroatoms. The Morgan fingerprint density at radius 3 is 2.45 bits per heavy atom. The Morgan fingerprint density at radius 1 is 1.10 bits per heavy atom. The average Bonchev–Trinajstić information content (AvgIpc) is 2.35. The van der Waals surface area contributed by atoms with E-state index in [4.69, 9.17) is 0 Å². The number of nitrogens with zero attached hydrogens (tertiary/aromatic N) is 3. The largest absolute Gasteiger partial charge is 0.311 e. The van der Waals surface area contributed by atoms with E-state index in [0.717, 1.165) is 6.54 Å². The van der Waals surface area contributed by atoms with Crippen molar-refractivity contribution in [1.82, 2.24) is 20.0 Å². The van der Waals surface area contributed by atoms with Crippen LogP contribution in [0.25, 0.3) is 0 Å². The lowest BCUT2D eigenvalue weighted by Gasteiger charge is -2.47. The Balaban J connectivity index is 1.95. The number of hydrogen-bond acceptors (Lipinski definition) is 4. The van der Waals surface area contributed by atoms with Crippen molar-refractivity contribution in [3.8, 4) is 0 Å². The van der Waals surface area contributed by atoms with Crippen molar-refractivity contribution in [2.24, 2.45) is 5.41 Å². The van der Waals surface area contributed by atoms with Gasteiger partial charge in [-0.05, 0) is 26.4 Å². The molecule has 0 aliphatic carbocycles. The van der Waals surface area contributed by atoms with Crippen molar-refractivity contribution >= 4 is 0 Å². The van der Waals surface area contributed by atoms with Crippen molar-refractivity contribution in [2.45, 2.75) is 45.8 Å². The third-order valence-corrected chi connectivity index (χ3v) is 5.17. The summed E-state index contributed by atoms with van der Waals surface area (Å²) in [7, 11) is 4.53. The molecule has 4 nitrogen and oxygen atoms in total. The molecule has 0 bridgehead atoms. The maximum absolute atomic E-state index is 3.73. The minimum Gasteiger partial charge on any atom is -0.311 e. The molecule has 2 heterocycles. The molecule has 0 aromatic heterocycles. The van der Waals surface area contributed by atoms with Crippen LogP contribution in [-0.2, 0) is 0 Å². The van der Waals surface area contributed by atoms with E-state index >= 15 is 0 Å². The summed E-state index contributed by atoms with van der Waals surface area (Å²) >= 11 is 0. The van der Waals surface area contributed by atoms with Crippen molar-refractivity contribution in [2.75, 3.05) is 53.4 Å². The Morgan fingerprint density at radius 2 is 1.80 bits per heavy atom. The van der Waals surface area contributed by atoms with E-state index in [1.165, 1.54) is 32.7 Å². The fraction of sp³-hybridized carbons (Fsp3) is 1.00. The maximum atomic E-state index is 3.73. The lowest BCUT2D eigenvalue weighted by molar-refractivity contribution is 0.0387. The van der Waals surface area contributed by atoms with Crippen molar-refractivity contribution in [3.05, 3.63) is 0 Å². The van der Waals surface area contributed by atoms with E-state index in [2.05, 4.69) is 61.8 Å². The highest BCUT2D eigenvalue weighted by atomic mass is 15.3. The second-order valence-corrected chi connectivity index (χ2v) is 8.03. The first-order valence-electron chi connectivity index (χ1n) is 8.13. The predicted molar refractivity (Wildman–Crippen MR) is 86.2 cm³/mol. The second-order valence-electron chi connectivity index (χ2n) is 8.03. The van der Waals surface area contributed by atoms with Gasteiger partial charge in [0.25, 0.3) is 0 Å². The number of likely N-dealkylation sites (N-methyl/N-ethyl adjacent to an activating group) is 2. The highest BCUT2D eigenvalue weighted by Crippen LogP contribution is 2.24. The van der Waals surface area contributed by atoms with Crippen LogP contribution < -0.4 is 5.32 Å². The Labute approximate surface area is 125 Å². The van der Waals surface area contributed by atoms with E-state index in [1.54, 1.807) is 0 Å². The zero-order chi connectivity index (χ0) is 14.9. The van der Waals surface area contributed by atoms with Crippen LogP contribution >= 0.6 is 0 Å². The van der Waals surface area contributed by atoms with Crippen LogP contribution in [-0.4, -0.2) is 86.2 Å².